The molecule has 0 atom stereocenters. The highest BCUT2D eigenvalue weighted by Gasteiger charge is 2.30. The molecule has 5 rings (SSSR count). The van der Waals surface area contributed by atoms with Gasteiger partial charge in [-0.2, -0.15) is 4.31 Å². The van der Waals surface area contributed by atoms with Crippen molar-refractivity contribution in [1.29, 1.82) is 0 Å². The fourth-order valence-electron chi connectivity index (χ4n) is 5.12. The number of amides is 1. The Morgan fingerprint density at radius 3 is 2.18 bits per heavy atom. The molecule has 1 aliphatic carbocycles. The van der Waals surface area contributed by atoms with E-state index in [-0.39, 0.29) is 21.7 Å². The van der Waals surface area contributed by atoms with Crippen LogP contribution >= 0.6 is 11.3 Å². The van der Waals surface area contributed by atoms with Gasteiger partial charge in [0.2, 0.25) is 10.0 Å². The van der Waals surface area contributed by atoms with Crippen LogP contribution in [0, 0.1) is 0 Å². The van der Waals surface area contributed by atoms with Crippen LogP contribution in [0.2, 0.25) is 0 Å². The predicted molar refractivity (Wildman–Crippen MR) is 149 cm³/mol. The van der Waals surface area contributed by atoms with Crippen LogP contribution in [0.5, 0.6) is 0 Å². The van der Waals surface area contributed by atoms with Gasteiger partial charge in [0, 0.05) is 51.1 Å². The van der Waals surface area contributed by atoms with E-state index in [0.29, 0.717) is 31.7 Å². The minimum atomic E-state index is -3.60. The number of anilines is 1. The van der Waals surface area contributed by atoms with Gasteiger partial charge in [-0.25, -0.2) is 21.8 Å². The molecule has 0 bridgehead atoms. The molecule has 2 aromatic carbocycles. The van der Waals surface area contributed by atoms with Gasteiger partial charge < -0.3 is 9.80 Å². The van der Waals surface area contributed by atoms with Crippen LogP contribution in [-0.2, 0) is 19.9 Å². The van der Waals surface area contributed by atoms with E-state index >= 15 is 0 Å². The number of carbonyl (C=O) groups excluding carboxylic acids is 1. The smallest absolute Gasteiger partial charge is 0.253 e. The summed E-state index contributed by atoms with van der Waals surface area (Å²) in [6.45, 7) is 2.22. The molecule has 1 saturated carbocycles. The molecule has 1 amide bonds. The molecular weight excluding hydrogens is 545 g/mol. The first-order valence-electron chi connectivity index (χ1n) is 12.8. The standard InChI is InChI=1S/C26H32N4O5S3/c1-28(20-6-4-3-5-7-20)38(34,35)21-10-8-19(9-11-21)25(31)29-14-16-30(17-15-29)26-27-23-13-12-22(37(2,32)33)18-24(23)36-26/h8-13,18,20H,3-7,14-17H2,1-2H3. The SMILES string of the molecule is CN(C1CCCCC1)S(=O)(=O)c1ccc(C(=O)N2CCN(c3nc4ccc(S(C)(=O)=O)cc4s3)CC2)cc1. The van der Waals surface area contributed by atoms with Crippen molar-refractivity contribution in [2.45, 2.75) is 47.9 Å². The molecule has 2 aliphatic rings. The number of carbonyl (C=O) groups is 1. The van der Waals surface area contributed by atoms with Crippen molar-refractivity contribution in [3.05, 3.63) is 48.0 Å². The first kappa shape index (κ1) is 27.0. The number of benzene rings is 2. The van der Waals surface area contributed by atoms with Gasteiger partial charge >= 0.3 is 0 Å². The van der Waals surface area contributed by atoms with Gasteiger partial charge in [-0.05, 0) is 55.3 Å². The lowest BCUT2D eigenvalue weighted by molar-refractivity contribution is 0.0746. The highest BCUT2D eigenvalue weighted by molar-refractivity contribution is 7.90. The number of fused-ring (bicyclic) bond motifs is 1. The van der Waals surface area contributed by atoms with E-state index < -0.39 is 19.9 Å². The number of sulfonamides is 1. The van der Waals surface area contributed by atoms with Crippen LogP contribution in [-0.4, -0.2) is 82.5 Å². The molecule has 2 heterocycles. The summed E-state index contributed by atoms with van der Waals surface area (Å²) in [7, 11) is -5.24. The molecule has 1 aromatic heterocycles. The van der Waals surface area contributed by atoms with Gasteiger partial charge in [-0.3, -0.25) is 4.79 Å². The summed E-state index contributed by atoms with van der Waals surface area (Å²) in [5, 5.41) is 0.800. The van der Waals surface area contributed by atoms with E-state index in [1.165, 1.54) is 34.0 Å². The molecule has 0 radical (unpaired) electrons. The summed E-state index contributed by atoms with van der Waals surface area (Å²) in [5.41, 5.74) is 1.21. The molecule has 0 spiro atoms. The van der Waals surface area contributed by atoms with Crippen LogP contribution in [0.15, 0.2) is 52.3 Å². The first-order chi connectivity index (χ1) is 18.0. The Morgan fingerprint density at radius 1 is 0.921 bits per heavy atom. The lowest BCUT2D eigenvalue weighted by Gasteiger charge is -2.34. The Morgan fingerprint density at radius 2 is 1.55 bits per heavy atom. The molecule has 38 heavy (non-hydrogen) atoms. The maximum absolute atomic E-state index is 13.1. The fraction of sp³-hybridized carbons (Fsp3) is 0.462. The number of hydrogen-bond acceptors (Lipinski definition) is 8. The third kappa shape index (κ3) is 5.45. The summed E-state index contributed by atoms with van der Waals surface area (Å²) < 4.78 is 52.3. The zero-order chi connectivity index (χ0) is 27.1. The van der Waals surface area contributed by atoms with Gasteiger partial charge in [0.25, 0.3) is 5.91 Å². The van der Waals surface area contributed by atoms with Gasteiger partial charge in [-0.15, -0.1) is 0 Å². The van der Waals surface area contributed by atoms with Crippen molar-refractivity contribution in [3.63, 3.8) is 0 Å². The van der Waals surface area contributed by atoms with Crippen molar-refractivity contribution in [2.75, 3.05) is 44.4 Å². The van der Waals surface area contributed by atoms with Gasteiger partial charge in [0.05, 0.1) is 20.0 Å². The normalized spacial score (nSPS) is 17.9. The van der Waals surface area contributed by atoms with Crippen LogP contribution in [0.25, 0.3) is 10.2 Å². The van der Waals surface area contributed by atoms with Crippen LogP contribution in [0.3, 0.4) is 0 Å². The minimum absolute atomic E-state index is 0.0310. The van der Waals surface area contributed by atoms with E-state index in [2.05, 4.69) is 9.88 Å². The minimum Gasteiger partial charge on any atom is -0.345 e. The van der Waals surface area contributed by atoms with E-state index in [0.717, 1.165) is 47.5 Å². The third-order valence-corrected chi connectivity index (χ3v) is 11.6. The van der Waals surface area contributed by atoms with E-state index in [1.807, 2.05) is 0 Å². The second-order valence-corrected chi connectivity index (χ2v) is 15.0. The molecule has 12 heteroatoms. The van der Waals surface area contributed by atoms with Crippen molar-refractivity contribution >= 4 is 52.5 Å². The van der Waals surface area contributed by atoms with Gasteiger partial charge in [0.1, 0.15) is 0 Å². The number of thiazole rings is 1. The van der Waals surface area contributed by atoms with Crippen LogP contribution < -0.4 is 4.90 Å². The maximum atomic E-state index is 13.1. The highest BCUT2D eigenvalue weighted by Crippen LogP contribution is 2.31. The van der Waals surface area contributed by atoms with E-state index in [1.54, 1.807) is 42.3 Å². The summed E-state index contributed by atoms with van der Waals surface area (Å²) >= 11 is 1.44. The quantitative estimate of drug-likeness (QED) is 0.441. The topological polar surface area (TPSA) is 108 Å². The van der Waals surface area contributed by atoms with Crippen LogP contribution in [0.4, 0.5) is 5.13 Å². The number of hydrogen-bond donors (Lipinski definition) is 0. The van der Waals surface area contributed by atoms with E-state index in [4.69, 9.17) is 0 Å². The highest BCUT2D eigenvalue weighted by atomic mass is 32.2. The van der Waals surface area contributed by atoms with Crippen LogP contribution in [0.1, 0.15) is 42.5 Å². The number of aromatic nitrogens is 1. The zero-order valence-electron chi connectivity index (χ0n) is 21.5. The largest absolute Gasteiger partial charge is 0.345 e. The molecule has 0 N–H and O–H groups in total. The summed E-state index contributed by atoms with van der Waals surface area (Å²) in [6, 6.07) is 11.2. The third-order valence-electron chi connectivity index (χ3n) is 7.48. The molecule has 9 nitrogen and oxygen atoms in total. The van der Waals surface area contributed by atoms with E-state index in [9.17, 15) is 21.6 Å². The van der Waals surface area contributed by atoms with Gasteiger partial charge in [0.15, 0.2) is 15.0 Å². The number of sulfone groups is 1. The van der Waals surface area contributed by atoms with Crippen molar-refractivity contribution in [1.82, 2.24) is 14.2 Å². The average molecular weight is 577 g/mol. The number of rotatable bonds is 6. The molecular formula is C26H32N4O5S3. The summed E-state index contributed by atoms with van der Waals surface area (Å²) in [6.07, 6.45) is 6.22. The van der Waals surface area contributed by atoms with Crippen molar-refractivity contribution in [3.8, 4) is 0 Å². The maximum Gasteiger partial charge on any atom is 0.253 e. The average Bonchev–Trinajstić information content (AvgIpc) is 3.36. The Bertz CT molecular complexity index is 1540. The molecule has 1 saturated heterocycles. The lowest BCUT2D eigenvalue weighted by atomic mass is 9.96. The lowest BCUT2D eigenvalue weighted by Crippen LogP contribution is -2.48. The molecule has 2 fully saturated rings. The predicted octanol–water partition coefficient (Wildman–Crippen LogP) is 3.62. The summed E-state index contributed by atoms with van der Waals surface area (Å²) in [4.78, 5) is 22.1. The van der Waals surface area contributed by atoms with Crippen molar-refractivity contribution in [2.24, 2.45) is 0 Å². The monoisotopic (exact) mass is 576 g/mol. The Hall–Kier alpha value is -2.54. The van der Waals surface area contributed by atoms with Crippen molar-refractivity contribution < 1.29 is 21.6 Å². The zero-order valence-corrected chi connectivity index (χ0v) is 24.0. The molecule has 3 aromatic rings. The first-order valence-corrected chi connectivity index (χ1v) is 16.9. The Balaban J connectivity index is 1.22. The number of piperazine rings is 1. The molecule has 0 unspecified atom stereocenters. The molecule has 1 aliphatic heterocycles. The molecule has 204 valence electrons. The second kappa shape index (κ2) is 10.6. The van der Waals surface area contributed by atoms with Gasteiger partial charge in [-0.1, -0.05) is 30.6 Å². The fourth-order valence-corrected chi connectivity index (χ4v) is 8.31. The Kier molecular flexibility index (Phi) is 7.51. The number of nitrogens with zero attached hydrogens (tertiary/aromatic N) is 4. The second-order valence-electron chi connectivity index (χ2n) is 10.0. The Labute approximate surface area is 228 Å². The summed E-state index contributed by atoms with van der Waals surface area (Å²) in [5.74, 6) is -0.128.